The fraction of sp³-hybridized carbons (Fsp3) is 0.450. The van der Waals surface area contributed by atoms with Gasteiger partial charge in [-0.25, -0.2) is 4.98 Å². The monoisotopic (exact) mass is 349 g/mol. The number of benzene rings is 1. The summed E-state index contributed by atoms with van der Waals surface area (Å²) in [5.74, 6) is 1.00. The highest BCUT2D eigenvalue weighted by Gasteiger charge is 2.34. The van der Waals surface area contributed by atoms with Gasteiger partial charge < -0.3 is 9.88 Å². The number of nitrogens with one attached hydrogen (secondary N) is 1. The van der Waals surface area contributed by atoms with Gasteiger partial charge in [-0.05, 0) is 56.7 Å². The molecule has 2 aliphatic rings. The summed E-state index contributed by atoms with van der Waals surface area (Å²) in [6.07, 6.45) is 6.96. The Labute approximate surface area is 152 Å². The predicted octanol–water partition coefficient (Wildman–Crippen LogP) is 3.38. The zero-order valence-corrected chi connectivity index (χ0v) is 15.0. The molecule has 0 saturated carbocycles. The van der Waals surface area contributed by atoms with Crippen molar-refractivity contribution in [3.8, 4) is 0 Å². The first-order valence-electron chi connectivity index (χ1n) is 9.52. The average Bonchev–Trinajstić information content (AvgIpc) is 3.37. The molecule has 5 rings (SSSR count). The van der Waals surface area contributed by atoms with E-state index in [1.54, 1.807) is 6.20 Å². The van der Waals surface area contributed by atoms with Gasteiger partial charge in [0.2, 0.25) is 0 Å². The molecule has 134 valence electrons. The molecule has 0 aliphatic carbocycles. The SMILES string of the molecule is Cc1ccc2nc(C3CCCN3C(=O)c3cnn4c3CCCC4)[nH]c2c1. The quantitative estimate of drug-likeness (QED) is 0.771. The minimum atomic E-state index is 0.0225. The number of aromatic nitrogens is 4. The van der Waals surface area contributed by atoms with Crippen molar-refractivity contribution in [2.45, 2.75) is 51.6 Å². The lowest BCUT2D eigenvalue weighted by Crippen LogP contribution is -2.32. The minimum Gasteiger partial charge on any atom is -0.340 e. The van der Waals surface area contributed by atoms with Crippen molar-refractivity contribution in [3.63, 3.8) is 0 Å². The molecule has 2 aromatic heterocycles. The van der Waals surface area contributed by atoms with Crippen LogP contribution in [0.5, 0.6) is 0 Å². The molecule has 6 nitrogen and oxygen atoms in total. The smallest absolute Gasteiger partial charge is 0.257 e. The number of aromatic amines is 1. The molecule has 1 N–H and O–H groups in total. The molecule has 1 amide bonds. The van der Waals surface area contributed by atoms with Crippen LogP contribution in [-0.2, 0) is 13.0 Å². The number of amides is 1. The molecule has 0 radical (unpaired) electrons. The summed E-state index contributed by atoms with van der Waals surface area (Å²) in [5, 5.41) is 4.44. The first-order chi connectivity index (χ1) is 12.7. The number of rotatable bonds is 2. The molecule has 26 heavy (non-hydrogen) atoms. The maximum Gasteiger partial charge on any atom is 0.257 e. The zero-order valence-electron chi connectivity index (χ0n) is 15.0. The topological polar surface area (TPSA) is 66.8 Å². The standard InChI is InChI=1S/C20H23N5O/c1-13-7-8-15-16(11-13)23-19(22-15)18-6-4-9-24(18)20(26)14-12-21-25-10-3-2-5-17(14)25/h7-8,11-12,18H,2-6,9-10H2,1H3,(H,22,23). The Morgan fingerprint density at radius 1 is 1.23 bits per heavy atom. The summed E-state index contributed by atoms with van der Waals surface area (Å²) >= 11 is 0. The largest absolute Gasteiger partial charge is 0.340 e. The maximum absolute atomic E-state index is 13.3. The number of carbonyl (C=O) groups excluding carboxylic acids is 1. The number of likely N-dealkylation sites (tertiary alicyclic amines) is 1. The molecule has 6 heteroatoms. The molecular weight excluding hydrogens is 326 g/mol. The van der Waals surface area contributed by atoms with E-state index in [1.165, 1.54) is 5.56 Å². The lowest BCUT2D eigenvalue weighted by Gasteiger charge is -2.24. The number of nitrogens with zero attached hydrogens (tertiary/aromatic N) is 4. The Morgan fingerprint density at radius 2 is 2.15 bits per heavy atom. The molecule has 1 fully saturated rings. The second-order valence-electron chi connectivity index (χ2n) is 7.48. The van der Waals surface area contributed by atoms with Gasteiger partial charge in [-0.1, -0.05) is 6.07 Å². The van der Waals surface area contributed by atoms with Crippen LogP contribution < -0.4 is 0 Å². The van der Waals surface area contributed by atoms with Gasteiger partial charge >= 0.3 is 0 Å². The molecule has 4 heterocycles. The zero-order chi connectivity index (χ0) is 17.7. The molecule has 2 aliphatic heterocycles. The Hall–Kier alpha value is -2.63. The van der Waals surface area contributed by atoms with Gasteiger partial charge in [-0.15, -0.1) is 0 Å². The molecule has 1 unspecified atom stereocenters. The second kappa shape index (κ2) is 5.97. The summed E-state index contributed by atoms with van der Waals surface area (Å²) in [6, 6.07) is 6.25. The first kappa shape index (κ1) is 15.6. The Morgan fingerprint density at radius 3 is 3.08 bits per heavy atom. The van der Waals surface area contributed by atoms with E-state index in [0.717, 1.165) is 73.3 Å². The van der Waals surface area contributed by atoms with E-state index in [-0.39, 0.29) is 11.9 Å². The lowest BCUT2D eigenvalue weighted by atomic mass is 10.1. The van der Waals surface area contributed by atoms with Crippen molar-refractivity contribution in [1.29, 1.82) is 0 Å². The van der Waals surface area contributed by atoms with Crippen molar-refractivity contribution in [3.05, 3.63) is 47.0 Å². The number of hydrogen-bond donors (Lipinski definition) is 1. The van der Waals surface area contributed by atoms with Gasteiger partial charge in [-0.3, -0.25) is 9.48 Å². The van der Waals surface area contributed by atoms with Crippen LogP contribution in [-0.4, -0.2) is 37.1 Å². The van der Waals surface area contributed by atoms with Crippen molar-refractivity contribution in [2.24, 2.45) is 0 Å². The Kier molecular flexibility index (Phi) is 3.58. The van der Waals surface area contributed by atoms with Crippen molar-refractivity contribution < 1.29 is 4.79 Å². The number of imidazole rings is 1. The van der Waals surface area contributed by atoms with E-state index in [4.69, 9.17) is 4.98 Å². The number of aryl methyl sites for hydroxylation is 2. The van der Waals surface area contributed by atoms with E-state index in [1.807, 2.05) is 15.6 Å². The number of fused-ring (bicyclic) bond motifs is 2. The third kappa shape index (κ3) is 2.43. The fourth-order valence-corrected chi connectivity index (χ4v) is 4.35. The summed E-state index contributed by atoms with van der Waals surface area (Å²) in [7, 11) is 0. The van der Waals surface area contributed by atoms with Crippen LogP contribution in [0.2, 0.25) is 0 Å². The molecule has 1 aromatic carbocycles. The van der Waals surface area contributed by atoms with Gasteiger partial charge in [-0.2, -0.15) is 5.10 Å². The third-order valence-corrected chi connectivity index (χ3v) is 5.70. The maximum atomic E-state index is 13.3. The fourth-order valence-electron chi connectivity index (χ4n) is 4.35. The highest BCUT2D eigenvalue weighted by molar-refractivity contribution is 5.95. The normalized spacial score (nSPS) is 19.9. The van der Waals surface area contributed by atoms with E-state index >= 15 is 0 Å². The van der Waals surface area contributed by atoms with Crippen LogP contribution in [0.3, 0.4) is 0 Å². The predicted molar refractivity (Wildman–Crippen MR) is 99.0 cm³/mol. The van der Waals surface area contributed by atoms with Crippen LogP contribution in [0.25, 0.3) is 11.0 Å². The van der Waals surface area contributed by atoms with Crippen LogP contribution in [0.1, 0.15) is 59.2 Å². The molecule has 1 atom stereocenters. The van der Waals surface area contributed by atoms with E-state index in [9.17, 15) is 4.79 Å². The minimum absolute atomic E-state index is 0.0225. The van der Waals surface area contributed by atoms with E-state index in [0.29, 0.717) is 0 Å². The van der Waals surface area contributed by atoms with Gasteiger partial charge in [0.25, 0.3) is 5.91 Å². The molecule has 3 aromatic rings. The van der Waals surface area contributed by atoms with E-state index < -0.39 is 0 Å². The van der Waals surface area contributed by atoms with E-state index in [2.05, 4.69) is 29.1 Å². The Balaban J connectivity index is 1.48. The summed E-state index contributed by atoms with van der Waals surface area (Å²) in [4.78, 5) is 23.5. The van der Waals surface area contributed by atoms with Gasteiger partial charge in [0.1, 0.15) is 5.82 Å². The molecule has 0 bridgehead atoms. The lowest BCUT2D eigenvalue weighted by molar-refractivity contribution is 0.0729. The molecule has 1 saturated heterocycles. The van der Waals surface area contributed by atoms with Gasteiger partial charge in [0.05, 0.1) is 34.5 Å². The average molecular weight is 349 g/mol. The van der Waals surface area contributed by atoms with Crippen LogP contribution in [0, 0.1) is 6.92 Å². The van der Waals surface area contributed by atoms with Crippen LogP contribution >= 0.6 is 0 Å². The summed E-state index contributed by atoms with van der Waals surface area (Å²) in [6.45, 7) is 3.79. The molecular formula is C20H23N5O. The second-order valence-corrected chi connectivity index (χ2v) is 7.48. The number of H-pyrrole nitrogens is 1. The van der Waals surface area contributed by atoms with Crippen molar-refractivity contribution in [2.75, 3.05) is 6.54 Å². The summed E-state index contributed by atoms with van der Waals surface area (Å²) < 4.78 is 2.01. The number of hydrogen-bond acceptors (Lipinski definition) is 3. The Bertz CT molecular complexity index is 985. The summed E-state index contributed by atoms with van der Waals surface area (Å²) in [5.41, 5.74) is 5.10. The third-order valence-electron chi connectivity index (χ3n) is 5.70. The first-order valence-corrected chi connectivity index (χ1v) is 9.52. The molecule has 0 spiro atoms. The highest BCUT2D eigenvalue weighted by Crippen LogP contribution is 2.33. The van der Waals surface area contributed by atoms with Crippen molar-refractivity contribution >= 4 is 16.9 Å². The van der Waals surface area contributed by atoms with Crippen LogP contribution in [0.15, 0.2) is 24.4 Å². The van der Waals surface area contributed by atoms with Crippen LogP contribution in [0.4, 0.5) is 0 Å². The highest BCUT2D eigenvalue weighted by atomic mass is 16.2. The number of carbonyl (C=O) groups is 1. The van der Waals surface area contributed by atoms with Crippen molar-refractivity contribution in [1.82, 2.24) is 24.6 Å². The van der Waals surface area contributed by atoms with Gasteiger partial charge in [0, 0.05) is 13.1 Å². The van der Waals surface area contributed by atoms with Gasteiger partial charge in [0.15, 0.2) is 0 Å².